The Balaban J connectivity index is 1.75. The first-order chi connectivity index (χ1) is 14.5. The summed E-state index contributed by atoms with van der Waals surface area (Å²) in [5.41, 5.74) is 6.44. The predicted octanol–water partition coefficient (Wildman–Crippen LogP) is 7.28. The lowest BCUT2D eigenvalue weighted by Gasteiger charge is -2.09. The van der Waals surface area contributed by atoms with Crippen molar-refractivity contribution in [2.24, 2.45) is 0 Å². The van der Waals surface area contributed by atoms with E-state index >= 15 is 0 Å². The molecular weight excluding hydrogens is 375 g/mol. The molecule has 0 amide bonds. The van der Waals surface area contributed by atoms with Gasteiger partial charge in [0, 0.05) is 33.8 Å². The molecule has 0 spiro atoms. The molecule has 3 heterocycles. The first kappa shape index (κ1) is 18.5. The minimum absolute atomic E-state index is 0.251. The molecule has 0 saturated carbocycles. The molecule has 0 saturated heterocycles. The van der Waals surface area contributed by atoms with Crippen molar-refractivity contribution in [2.45, 2.75) is 26.7 Å². The number of hydrogen-bond donors (Lipinski definition) is 0. The molecule has 5 aromatic rings. The molecule has 4 heteroatoms. The molecular formula is C26H21FN2O. The minimum atomic E-state index is -0.251. The van der Waals surface area contributed by atoms with Crippen LogP contribution in [0.1, 0.15) is 31.0 Å². The second kappa shape index (κ2) is 7.06. The van der Waals surface area contributed by atoms with Crippen LogP contribution in [0.5, 0.6) is 0 Å². The van der Waals surface area contributed by atoms with Crippen LogP contribution in [0.25, 0.3) is 44.5 Å². The van der Waals surface area contributed by atoms with E-state index in [0.717, 1.165) is 44.4 Å². The lowest BCUT2D eigenvalue weighted by molar-refractivity contribution is 0.631. The number of aryl methyl sites for hydroxylation is 1. The van der Waals surface area contributed by atoms with E-state index in [2.05, 4.69) is 43.1 Å². The Bertz CT molecular complexity index is 1400. The number of benzene rings is 2. The third-order valence-corrected chi connectivity index (χ3v) is 5.53. The number of hydrogen-bond acceptors (Lipinski definition) is 3. The number of pyridine rings is 2. The predicted molar refractivity (Wildman–Crippen MR) is 119 cm³/mol. The van der Waals surface area contributed by atoms with Crippen molar-refractivity contribution < 1.29 is 8.81 Å². The second-order valence-corrected chi connectivity index (χ2v) is 7.89. The molecule has 0 bridgehead atoms. The average Bonchev–Trinajstić information content (AvgIpc) is 3.11. The summed E-state index contributed by atoms with van der Waals surface area (Å²) < 4.78 is 20.6. The zero-order valence-electron chi connectivity index (χ0n) is 17.1. The van der Waals surface area contributed by atoms with Gasteiger partial charge < -0.3 is 4.42 Å². The maximum Gasteiger partial charge on any atom is 0.227 e. The summed E-state index contributed by atoms with van der Waals surface area (Å²) in [5, 5.41) is 1.99. The van der Waals surface area contributed by atoms with E-state index in [1.165, 1.54) is 6.07 Å². The normalized spacial score (nSPS) is 11.6. The summed E-state index contributed by atoms with van der Waals surface area (Å²) in [6, 6.07) is 18.8. The molecule has 0 atom stereocenters. The Hall–Kier alpha value is -3.53. The monoisotopic (exact) mass is 396 g/mol. The van der Waals surface area contributed by atoms with E-state index in [1.54, 1.807) is 18.3 Å². The SMILES string of the molecule is Cc1ccc2c(oc3nc(C(C)C)ccc32)c1-c1cc(-c2ccccc2F)ccn1. The van der Waals surface area contributed by atoms with Crippen molar-refractivity contribution in [1.29, 1.82) is 0 Å². The quantitative estimate of drug-likeness (QED) is 0.322. The maximum absolute atomic E-state index is 14.3. The van der Waals surface area contributed by atoms with Gasteiger partial charge in [0.25, 0.3) is 0 Å². The fourth-order valence-electron chi connectivity index (χ4n) is 3.90. The lowest BCUT2D eigenvalue weighted by Crippen LogP contribution is -1.90. The fraction of sp³-hybridized carbons (Fsp3) is 0.154. The summed E-state index contributed by atoms with van der Waals surface area (Å²) >= 11 is 0. The van der Waals surface area contributed by atoms with Crippen LogP contribution in [0.4, 0.5) is 4.39 Å². The number of nitrogens with zero attached hydrogens (tertiary/aromatic N) is 2. The summed E-state index contributed by atoms with van der Waals surface area (Å²) in [6.07, 6.45) is 1.72. The number of halogens is 1. The van der Waals surface area contributed by atoms with Crippen LogP contribution in [0, 0.1) is 12.7 Å². The van der Waals surface area contributed by atoms with Crippen LogP contribution in [0.15, 0.2) is 71.3 Å². The van der Waals surface area contributed by atoms with Gasteiger partial charge in [0.15, 0.2) is 0 Å². The van der Waals surface area contributed by atoms with Crippen molar-refractivity contribution in [1.82, 2.24) is 9.97 Å². The Morgan fingerprint density at radius 2 is 1.73 bits per heavy atom. The molecule has 0 aliphatic heterocycles. The van der Waals surface area contributed by atoms with Gasteiger partial charge in [-0.25, -0.2) is 9.37 Å². The molecule has 0 aliphatic rings. The highest BCUT2D eigenvalue weighted by Gasteiger charge is 2.18. The van der Waals surface area contributed by atoms with Crippen molar-refractivity contribution in [3.05, 3.63) is 83.9 Å². The maximum atomic E-state index is 14.3. The van der Waals surface area contributed by atoms with Crippen LogP contribution in [0.2, 0.25) is 0 Å². The van der Waals surface area contributed by atoms with Crippen LogP contribution in [-0.2, 0) is 0 Å². The number of aromatic nitrogens is 2. The van der Waals surface area contributed by atoms with Gasteiger partial charge in [0.2, 0.25) is 5.71 Å². The van der Waals surface area contributed by atoms with Crippen molar-refractivity contribution in [3.8, 4) is 22.4 Å². The molecule has 3 nitrogen and oxygen atoms in total. The Morgan fingerprint density at radius 3 is 2.53 bits per heavy atom. The number of fused-ring (bicyclic) bond motifs is 3. The van der Waals surface area contributed by atoms with E-state index in [1.807, 2.05) is 25.1 Å². The molecule has 0 N–H and O–H groups in total. The Labute approximate surface area is 174 Å². The van der Waals surface area contributed by atoms with Gasteiger partial charge in [-0.2, -0.15) is 0 Å². The highest BCUT2D eigenvalue weighted by molar-refractivity contribution is 6.09. The third-order valence-electron chi connectivity index (χ3n) is 5.53. The first-order valence-corrected chi connectivity index (χ1v) is 10.1. The smallest absolute Gasteiger partial charge is 0.227 e. The summed E-state index contributed by atoms with van der Waals surface area (Å²) in [7, 11) is 0. The van der Waals surface area contributed by atoms with Gasteiger partial charge in [-0.3, -0.25) is 4.98 Å². The van der Waals surface area contributed by atoms with E-state index in [0.29, 0.717) is 17.2 Å². The van der Waals surface area contributed by atoms with Gasteiger partial charge in [-0.05, 0) is 54.3 Å². The van der Waals surface area contributed by atoms with Crippen LogP contribution >= 0.6 is 0 Å². The summed E-state index contributed by atoms with van der Waals surface area (Å²) in [4.78, 5) is 9.31. The third kappa shape index (κ3) is 2.96. The number of furan rings is 1. The molecule has 2 aromatic carbocycles. The Kier molecular flexibility index (Phi) is 4.35. The fourth-order valence-corrected chi connectivity index (χ4v) is 3.90. The zero-order valence-corrected chi connectivity index (χ0v) is 17.1. The summed E-state index contributed by atoms with van der Waals surface area (Å²) in [6.45, 7) is 6.27. The van der Waals surface area contributed by atoms with Gasteiger partial charge in [-0.1, -0.05) is 44.2 Å². The highest BCUT2D eigenvalue weighted by Crippen LogP contribution is 2.38. The molecule has 0 unspecified atom stereocenters. The molecule has 0 radical (unpaired) electrons. The molecule has 5 rings (SSSR count). The zero-order chi connectivity index (χ0) is 20.8. The molecule has 0 fully saturated rings. The van der Waals surface area contributed by atoms with E-state index < -0.39 is 0 Å². The standard InChI is InChI=1S/C26H21FN2O/c1-15(2)22-11-10-20-19-9-8-16(3)24(25(19)30-26(20)29-22)23-14-17(12-13-28-23)18-6-4-5-7-21(18)27/h4-15H,1-3H3. The van der Waals surface area contributed by atoms with Crippen molar-refractivity contribution >= 4 is 22.1 Å². The van der Waals surface area contributed by atoms with Crippen molar-refractivity contribution in [2.75, 3.05) is 0 Å². The minimum Gasteiger partial charge on any atom is -0.437 e. The average molecular weight is 396 g/mol. The summed E-state index contributed by atoms with van der Waals surface area (Å²) in [5.74, 6) is 0.0710. The molecule has 30 heavy (non-hydrogen) atoms. The van der Waals surface area contributed by atoms with Gasteiger partial charge in [0.1, 0.15) is 11.4 Å². The highest BCUT2D eigenvalue weighted by atomic mass is 19.1. The Morgan fingerprint density at radius 1 is 0.933 bits per heavy atom. The molecule has 148 valence electrons. The topological polar surface area (TPSA) is 38.9 Å². The van der Waals surface area contributed by atoms with E-state index in [4.69, 9.17) is 9.40 Å². The second-order valence-electron chi connectivity index (χ2n) is 7.89. The van der Waals surface area contributed by atoms with Gasteiger partial charge in [0.05, 0.1) is 5.69 Å². The molecule has 0 aliphatic carbocycles. The van der Waals surface area contributed by atoms with E-state index in [-0.39, 0.29) is 5.82 Å². The van der Waals surface area contributed by atoms with Crippen LogP contribution < -0.4 is 0 Å². The van der Waals surface area contributed by atoms with Gasteiger partial charge in [-0.15, -0.1) is 0 Å². The first-order valence-electron chi connectivity index (χ1n) is 10.1. The van der Waals surface area contributed by atoms with Gasteiger partial charge >= 0.3 is 0 Å². The van der Waals surface area contributed by atoms with E-state index in [9.17, 15) is 4.39 Å². The largest absolute Gasteiger partial charge is 0.437 e. The molecule has 3 aromatic heterocycles. The van der Waals surface area contributed by atoms with Crippen LogP contribution in [-0.4, -0.2) is 9.97 Å². The van der Waals surface area contributed by atoms with Crippen molar-refractivity contribution in [3.63, 3.8) is 0 Å². The van der Waals surface area contributed by atoms with Crippen LogP contribution in [0.3, 0.4) is 0 Å². The number of rotatable bonds is 3. The lowest BCUT2D eigenvalue weighted by atomic mass is 9.98.